The first-order chi connectivity index (χ1) is 30.0. The Balaban J connectivity index is 4.35. The molecule has 0 aliphatic carbocycles. The van der Waals surface area contributed by atoms with E-state index < -0.39 is 6.10 Å². The molecule has 0 aromatic heterocycles. The van der Waals surface area contributed by atoms with E-state index in [1.807, 2.05) is 0 Å². The average Bonchev–Trinajstić information content (AvgIpc) is 3.26. The van der Waals surface area contributed by atoms with Gasteiger partial charge in [-0.15, -0.1) is 0 Å². The second-order valence-electron chi connectivity index (χ2n) is 18.2. The predicted octanol–water partition coefficient (Wildman–Crippen LogP) is 17.5. The molecule has 0 bridgehead atoms. The maximum atomic E-state index is 12.8. The van der Waals surface area contributed by atoms with Crippen LogP contribution < -0.4 is 0 Å². The molecule has 0 aliphatic rings. The summed E-state index contributed by atoms with van der Waals surface area (Å²) in [6, 6.07) is 0. The summed E-state index contributed by atoms with van der Waals surface area (Å²) in [5.74, 6) is -0.868. The summed E-state index contributed by atoms with van der Waals surface area (Å²) in [6.07, 6.45) is 57.3. The monoisotopic (exact) mass is 859 g/mol. The molecule has 0 heterocycles. The fourth-order valence-electron chi connectivity index (χ4n) is 7.89. The van der Waals surface area contributed by atoms with Crippen molar-refractivity contribution in [3.05, 3.63) is 24.3 Å². The highest BCUT2D eigenvalue weighted by atomic mass is 16.6. The maximum Gasteiger partial charge on any atom is 0.306 e. The van der Waals surface area contributed by atoms with Crippen molar-refractivity contribution < 1.29 is 28.6 Å². The van der Waals surface area contributed by atoms with Gasteiger partial charge in [0, 0.05) is 19.3 Å². The van der Waals surface area contributed by atoms with Crippen molar-refractivity contribution in [3.8, 4) is 0 Å². The van der Waals surface area contributed by atoms with Gasteiger partial charge in [0.2, 0.25) is 0 Å². The molecule has 0 spiro atoms. The fourth-order valence-corrected chi connectivity index (χ4v) is 7.89. The number of hydrogen-bond donors (Lipinski definition) is 0. The van der Waals surface area contributed by atoms with Crippen molar-refractivity contribution in [2.45, 2.75) is 297 Å². The van der Waals surface area contributed by atoms with Crippen LogP contribution >= 0.6 is 0 Å². The van der Waals surface area contributed by atoms with Gasteiger partial charge in [0.15, 0.2) is 6.10 Å². The van der Waals surface area contributed by atoms with E-state index in [2.05, 4.69) is 45.1 Å². The highest BCUT2D eigenvalue weighted by Crippen LogP contribution is 2.16. The third-order valence-electron chi connectivity index (χ3n) is 12.0. The van der Waals surface area contributed by atoms with Crippen molar-refractivity contribution in [1.29, 1.82) is 0 Å². The Morgan fingerprint density at radius 2 is 0.590 bits per heavy atom. The Labute approximate surface area is 379 Å². The number of carbonyl (C=O) groups excluding carboxylic acids is 3. The molecule has 0 saturated heterocycles. The van der Waals surface area contributed by atoms with E-state index in [0.29, 0.717) is 19.3 Å². The number of allylic oxidation sites excluding steroid dienone is 4. The van der Waals surface area contributed by atoms with Gasteiger partial charge in [-0.25, -0.2) is 0 Å². The molecular weight excluding hydrogens is 757 g/mol. The summed E-state index contributed by atoms with van der Waals surface area (Å²) in [6.45, 7) is 6.63. The minimum absolute atomic E-state index is 0.0706. The Morgan fingerprint density at radius 1 is 0.328 bits per heavy atom. The lowest BCUT2D eigenvalue weighted by Crippen LogP contribution is -2.30. The molecule has 0 amide bonds. The van der Waals surface area contributed by atoms with Crippen LogP contribution in [0.25, 0.3) is 0 Å². The number of ether oxygens (including phenoxy) is 3. The Kier molecular flexibility index (Phi) is 48.8. The van der Waals surface area contributed by atoms with E-state index >= 15 is 0 Å². The SMILES string of the molecule is CCCCC/C=C/C/C=C/CCCCCCCC(=O)OC[C@@H](COC(=O)CCCCCCCCCCCCCCC)OC(=O)CCCCCCCCCCCCCCCCC. The van der Waals surface area contributed by atoms with Crippen molar-refractivity contribution in [2.75, 3.05) is 13.2 Å². The lowest BCUT2D eigenvalue weighted by Gasteiger charge is -2.18. The minimum atomic E-state index is -0.770. The van der Waals surface area contributed by atoms with Crippen molar-refractivity contribution in [3.63, 3.8) is 0 Å². The molecule has 6 heteroatoms. The zero-order valence-electron chi connectivity index (χ0n) is 40.9. The van der Waals surface area contributed by atoms with Gasteiger partial charge in [0.25, 0.3) is 0 Å². The summed E-state index contributed by atoms with van der Waals surface area (Å²) in [4.78, 5) is 38.0. The molecule has 0 radical (unpaired) electrons. The lowest BCUT2D eigenvalue weighted by molar-refractivity contribution is -0.167. The quantitative estimate of drug-likeness (QED) is 0.0262. The second kappa shape index (κ2) is 50.5. The predicted molar refractivity (Wildman–Crippen MR) is 261 cm³/mol. The van der Waals surface area contributed by atoms with E-state index in [0.717, 1.165) is 77.0 Å². The third-order valence-corrected chi connectivity index (χ3v) is 12.0. The van der Waals surface area contributed by atoms with E-state index in [1.165, 1.54) is 173 Å². The highest BCUT2D eigenvalue weighted by Gasteiger charge is 2.19. The summed E-state index contributed by atoms with van der Waals surface area (Å²) < 4.78 is 16.8. The highest BCUT2D eigenvalue weighted by molar-refractivity contribution is 5.71. The second-order valence-corrected chi connectivity index (χ2v) is 18.2. The lowest BCUT2D eigenvalue weighted by atomic mass is 10.0. The molecule has 61 heavy (non-hydrogen) atoms. The largest absolute Gasteiger partial charge is 0.462 e. The number of carbonyl (C=O) groups is 3. The molecule has 0 aromatic rings. The Bertz CT molecular complexity index is 989. The van der Waals surface area contributed by atoms with Crippen LogP contribution in [0.5, 0.6) is 0 Å². The minimum Gasteiger partial charge on any atom is -0.462 e. The zero-order chi connectivity index (χ0) is 44.4. The third kappa shape index (κ3) is 48.8. The van der Waals surface area contributed by atoms with E-state index in [4.69, 9.17) is 14.2 Å². The number of hydrogen-bond acceptors (Lipinski definition) is 6. The van der Waals surface area contributed by atoms with Crippen LogP contribution in [0, 0.1) is 0 Å². The van der Waals surface area contributed by atoms with Crippen molar-refractivity contribution in [1.82, 2.24) is 0 Å². The van der Waals surface area contributed by atoms with Crippen LogP contribution in [0.2, 0.25) is 0 Å². The van der Waals surface area contributed by atoms with Crippen molar-refractivity contribution >= 4 is 17.9 Å². The van der Waals surface area contributed by atoms with Gasteiger partial charge in [-0.1, -0.05) is 244 Å². The van der Waals surface area contributed by atoms with Crippen LogP contribution in [0.4, 0.5) is 0 Å². The first-order valence-corrected chi connectivity index (χ1v) is 26.8. The first-order valence-electron chi connectivity index (χ1n) is 26.8. The van der Waals surface area contributed by atoms with Crippen LogP contribution in [0.3, 0.4) is 0 Å². The molecule has 0 unspecified atom stereocenters. The molecule has 1 atom stereocenters. The summed E-state index contributed by atoms with van der Waals surface area (Å²) in [5.41, 5.74) is 0. The van der Waals surface area contributed by atoms with E-state index in [1.54, 1.807) is 0 Å². The van der Waals surface area contributed by atoms with Gasteiger partial charge in [-0.3, -0.25) is 14.4 Å². The summed E-state index contributed by atoms with van der Waals surface area (Å²) in [5, 5.41) is 0. The molecule has 0 rings (SSSR count). The van der Waals surface area contributed by atoms with Gasteiger partial charge < -0.3 is 14.2 Å². The first kappa shape index (κ1) is 58.9. The van der Waals surface area contributed by atoms with Gasteiger partial charge >= 0.3 is 17.9 Å². The Hall–Kier alpha value is -2.11. The normalized spacial score (nSPS) is 12.1. The Morgan fingerprint density at radius 3 is 0.934 bits per heavy atom. The average molecular weight is 859 g/mol. The van der Waals surface area contributed by atoms with Gasteiger partial charge in [-0.2, -0.15) is 0 Å². The van der Waals surface area contributed by atoms with E-state index in [-0.39, 0.29) is 31.1 Å². The summed E-state index contributed by atoms with van der Waals surface area (Å²) in [7, 11) is 0. The molecule has 0 fully saturated rings. The summed E-state index contributed by atoms with van der Waals surface area (Å²) >= 11 is 0. The number of rotatable bonds is 49. The van der Waals surface area contributed by atoms with Crippen molar-refractivity contribution in [2.24, 2.45) is 0 Å². The van der Waals surface area contributed by atoms with Crippen LogP contribution in [0.15, 0.2) is 24.3 Å². The fraction of sp³-hybridized carbons (Fsp3) is 0.873. The standard InChI is InChI=1S/C55H102O6/c1-4-7-10-13-16-19-22-25-27-30-33-36-39-42-45-48-54(57)60-51-52(50-59-53(56)47-44-41-38-35-32-29-24-21-18-15-12-9-6-3)61-55(58)49-46-43-40-37-34-31-28-26-23-20-17-14-11-8-5-2/h16,19,25,27,52H,4-15,17-18,20-24,26,28-51H2,1-3H3/b19-16+,27-25+/t52-/m1/s1. The molecule has 0 aromatic carbocycles. The smallest absolute Gasteiger partial charge is 0.306 e. The zero-order valence-corrected chi connectivity index (χ0v) is 40.9. The number of esters is 3. The van der Waals surface area contributed by atoms with E-state index in [9.17, 15) is 14.4 Å². The number of unbranched alkanes of at least 4 members (excludes halogenated alkanes) is 34. The molecule has 0 N–H and O–H groups in total. The van der Waals surface area contributed by atoms with Gasteiger partial charge in [0.1, 0.15) is 13.2 Å². The molecule has 0 aliphatic heterocycles. The molecule has 358 valence electrons. The molecule has 0 saturated carbocycles. The maximum absolute atomic E-state index is 12.8. The molecular formula is C55H102O6. The molecule has 6 nitrogen and oxygen atoms in total. The topological polar surface area (TPSA) is 78.9 Å². The van der Waals surface area contributed by atoms with Crippen LogP contribution in [0.1, 0.15) is 290 Å². The van der Waals surface area contributed by atoms with Crippen LogP contribution in [-0.2, 0) is 28.6 Å². The van der Waals surface area contributed by atoms with Crippen LogP contribution in [-0.4, -0.2) is 37.2 Å². The van der Waals surface area contributed by atoms with Gasteiger partial charge in [-0.05, 0) is 51.4 Å². The van der Waals surface area contributed by atoms with Gasteiger partial charge in [0.05, 0.1) is 0 Å².